The van der Waals surface area contributed by atoms with E-state index < -0.39 is 5.82 Å². The van der Waals surface area contributed by atoms with Crippen molar-refractivity contribution in [1.82, 2.24) is 9.97 Å². The van der Waals surface area contributed by atoms with E-state index in [1.165, 1.54) is 12.4 Å². The monoisotopic (exact) mass is 295 g/mol. The maximum atomic E-state index is 13.0. The van der Waals surface area contributed by atoms with Crippen LogP contribution in [0.4, 0.5) is 10.3 Å². The standard InChI is InChI=1S/C15H22FN3O2/c1-2-20-10-12-4-3-5-15(12)11-19(6-7-21-15)14-17-8-13(16)9-18-14/h8-9,12H,2-7,10-11H2,1H3/t12-,15+/m0/s1. The molecule has 116 valence electrons. The Hall–Kier alpha value is -1.27. The third-order valence-electron chi connectivity index (χ3n) is 4.52. The second-order valence-corrected chi connectivity index (χ2v) is 5.78. The van der Waals surface area contributed by atoms with Crippen molar-refractivity contribution in [2.45, 2.75) is 31.8 Å². The van der Waals surface area contributed by atoms with Crippen molar-refractivity contribution in [3.63, 3.8) is 0 Å². The summed E-state index contributed by atoms with van der Waals surface area (Å²) in [5.41, 5.74) is -0.162. The zero-order chi connectivity index (χ0) is 14.7. The maximum Gasteiger partial charge on any atom is 0.225 e. The van der Waals surface area contributed by atoms with Gasteiger partial charge in [0.05, 0.1) is 37.8 Å². The molecule has 21 heavy (non-hydrogen) atoms. The number of hydrogen-bond donors (Lipinski definition) is 0. The van der Waals surface area contributed by atoms with Gasteiger partial charge in [0.1, 0.15) is 0 Å². The van der Waals surface area contributed by atoms with Gasteiger partial charge in [0.15, 0.2) is 5.82 Å². The molecular formula is C15H22FN3O2. The van der Waals surface area contributed by atoms with Gasteiger partial charge in [0.2, 0.25) is 5.95 Å². The minimum atomic E-state index is -0.406. The van der Waals surface area contributed by atoms with Gasteiger partial charge < -0.3 is 14.4 Å². The van der Waals surface area contributed by atoms with Gasteiger partial charge in [0.25, 0.3) is 0 Å². The molecule has 2 fully saturated rings. The molecule has 1 aliphatic carbocycles. The first-order valence-corrected chi connectivity index (χ1v) is 7.68. The van der Waals surface area contributed by atoms with E-state index >= 15 is 0 Å². The largest absolute Gasteiger partial charge is 0.381 e. The molecule has 0 N–H and O–H groups in total. The normalized spacial score (nSPS) is 29.2. The Morgan fingerprint density at radius 1 is 1.48 bits per heavy atom. The Morgan fingerprint density at radius 2 is 2.29 bits per heavy atom. The Kier molecular flexibility index (Phi) is 4.35. The molecular weight excluding hydrogens is 273 g/mol. The molecule has 2 heterocycles. The fourth-order valence-electron chi connectivity index (χ4n) is 3.45. The van der Waals surface area contributed by atoms with Crippen LogP contribution in [-0.2, 0) is 9.47 Å². The zero-order valence-corrected chi connectivity index (χ0v) is 12.4. The summed E-state index contributed by atoms with van der Waals surface area (Å²) in [7, 11) is 0. The second kappa shape index (κ2) is 6.23. The molecule has 1 spiro atoms. The maximum absolute atomic E-state index is 13.0. The van der Waals surface area contributed by atoms with E-state index in [0.29, 0.717) is 18.5 Å². The number of morpholine rings is 1. The molecule has 6 heteroatoms. The van der Waals surface area contributed by atoms with Gasteiger partial charge in [-0.3, -0.25) is 0 Å². The van der Waals surface area contributed by atoms with E-state index in [1.54, 1.807) is 0 Å². The van der Waals surface area contributed by atoms with E-state index in [4.69, 9.17) is 9.47 Å². The molecule has 0 radical (unpaired) electrons. The van der Waals surface area contributed by atoms with Crippen LogP contribution >= 0.6 is 0 Å². The zero-order valence-electron chi connectivity index (χ0n) is 12.4. The molecule has 1 aromatic heterocycles. The van der Waals surface area contributed by atoms with Crippen molar-refractivity contribution < 1.29 is 13.9 Å². The molecule has 1 aliphatic heterocycles. The second-order valence-electron chi connectivity index (χ2n) is 5.78. The number of ether oxygens (including phenoxy) is 2. The Labute approximate surface area is 124 Å². The summed E-state index contributed by atoms with van der Waals surface area (Å²) in [6, 6.07) is 0. The summed E-state index contributed by atoms with van der Waals surface area (Å²) in [6.45, 7) is 5.66. The first kappa shape index (κ1) is 14.7. The van der Waals surface area contributed by atoms with Crippen molar-refractivity contribution in [1.29, 1.82) is 0 Å². The van der Waals surface area contributed by atoms with Crippen LogP contribution in [0.5, 0.6) is 0 Å². The molecule has 5 nitrogen and oxygen atoms in total. The number of aromatic nitrogens is 2. The minimum absolute atomic E-state index is 0.162. The summed E-state index contributed by atoms with van der Waals surface area (Å²) in [4.78, 5) is 10.3. The van der Waals surface area contributed by atoms with Gasteiger partial charge >= 0.3 is 0 Å². The molecule has 0 bridgehead atoms. The lowest BCUT2D eigenvalue weighted by Crippen LogP contribution is -2.55. The van der Waals surface area contributed by atoms with Crippen LogP contribution in [0.3, 0.4) is 0 Å². The van der Waals surface area contributed by atoms with E-state index in [9.17, 15) is 4.39 Å². The quantitative estimate of drug-likeness (QED) is 0.850. The highest BCUT2D eigenvalue weighted by Gasteiger charge is 2.47. The highest BCUT2D eigenvalue weighted by molar-refractivity contribution is 5.31. The molecule has 0 aromatic carbocycles. The summed E-state index contributed by atoms with van der Waals surface area (Å²) >= 11 is 0. The minimum Gasteiger partial charge on any atom is -0.381 e. The van der Waals surface area contributed by atoms with Gasteiger partial charge in [-0.25, -0.2) is 14.4 Å². The van der Waals surface area contributed by atoms with Crippen LogP contribution in [0, 0.1) is 11.7 Å². The molecule has 1 saturated heterocycles. The fraction of sp³-hybridized carbons (Fsp3) is 0.733. The number of hydrogen-bond acceptors (Lipinski definition) is 5. The predicted octanol–water partition coefficient (Wildman–Crippen LogP) is 2.03. The van der Waals surface area contributed by atoms with Crippen LogP contribution in [0.1, 0.15) is 26.2 Å². The van der Waals surface area contributed by atoms with Crippen LogP contribution in [-0.4, -0.2) is 48.5 Å². The average molecular weight is 295 g/mol. The number of halogens is 1. The van der Waals surface area contributed by atoms with Crippen molar-refractivity contribution in [2.24, 2.45) is 5.92 Å². The Balaban J connectivity index is 1.73. The average Bonchev–Trinajstić information content (AvgIpc) is 2.88. The summed E-state index contributed by atoms with van der Waals surface area (Å²) in [5, 5.41) is 0. The topological polar surface area (TPSA) is 47.5 Å². The van der Waals surface area contributed by atoms with Crippen LogP contribution in [0.25, 0.3) is 0 Å². The third-order valence-corrected chi connectivity index (χ3v) is 4.52. The van der Waals surface area contributed by atoms with E-state index in [0.717, 1.165) is 45.6 Å². The smallest absolute Gasteiger partial charge is 0.225 e. The highest BCUT2D eigenvalue weighted by Crippen LogP contribution is 2.41. The lowest BCUT2D eigenvalue weighted by atomic mass is 9.89. The highest BCUT2D eigenvalue weighted by atomic mass is 19.1. The first-order valence-electron chi connectivity index (χ1n) is 7.68. The van der Waals surface area contributed by atoms with Crippen molar-refractivity contribution in [2.75, 3.05) is 37.8 Å². The van der Waals surface area contributed by atoms with Crippen molar-refractivity contribution >= 4 is 5.95 Å². The van der Waals surface area contributed by atoms with E-state index in [-0.39, 0.29) is 5.60 Å². The lowest BCUT2D eigenvalue weighted by Gasteiger charge is -2.44. The van der Waals surface area contributed by atoms with E-state index in [1.807, 2.05) is 6.92 Å². The summed E-state index contributed by atoms with van der Waals surface area (Å²) in [5.74, 6) is 0.596. The lowest BCUT2D eigenvalue weighted by molar-refractivity contribution is -0.0983. The van der Waals surface area contributed by atoms with E-state index in [2.05, 4.69) is 14.9 Å². The van der Waals surface area contributed by atoms with Gasteiger partial charge in [-0.1, -0.05) is 6.42 Å². The summed E-state index contributed by atoms with van der Waals surface area (Å²) < 4.78 is 24.7. The van der Waals surface area contributed by atoms with Gasteiger partial charge in [-0.15, -0.1) is 0 Å². The predicted molar refractivity (Wildman–Crippen MR) is 76.7 cm³/mol. The van der Waals surface area contributed by atoms with Gasteiger partial charge in [-0.05, 0) is 19.8 Å². The number of nitrogens with zero attached hydrogens (tertiary/aromatic N) is 3. The Bertz CT molecular complexity index is 470. The molecule has 0 amide bonds. The first-order chi connectivity index (χ1) is 10.2. The number of rotatable bonds is 4. The Morgan fingerprint density at radius 3 is 3.05 bits per heavy atom. The fourth-order valence-corrected chi connectivity index (χ4v) is 3.45. The van der Waals surface area contributed by atoms with Crippen LogP contribution in [0.15, 0.2) is 12.4 Å². The van der Waals surface area contributed by atoms with Crippen LogP contribution < -0.4 is 4.90 Å². The summed E-state index contributed by atoms with van der Waals surface area (Å²) in [6.07, 6.45) is 5.78. The van der Waals surface area contributed by atoms with Crippen LogP contribution in [0.2, 0.25) is 0 Å². The van der Waals surface area contributed by atoms with Crippen molar-refractivity contribution in [3.8, 4) is 0 Å². The molecule has 2 atom stereocenters. The molecule has 3 rings (SSSR count). The molecule has 2 aliphatic rings. The molecule has 1 aromatic rings. The number of anilines is 1. The van der Waals surface area contributed by atoms with Crippen molar-refractivity contribution in [3.05, 3.63) is 18.2 Å². The van der Waals surface area contributed by atoms with Gasteiger partial charge in [-0.2, -0.15) is 0 Å². The SMILES string of the molecule is CCOC[C@@H]1CCC[C@@]12CN(c1ncc(F)cn1)CCO2. The molecule has 0 unspecified atom stereocenters. The molecule has 1 saturated carbocycles. The third kappa shape index (κ3) is 3.01. The van der Waals surface area contributed by atoms with Gasteiger partial charge in [0, 0.05) is 19.1 Å².